The molecule has 5 heteroatoms. The molecule has 25 heavy (non-hydrogen) atoms. The number of carbonyl (C=O) groups excluding carboxylic acids is 1. The van der Waals surface area contributed by atoms with Crippen LogP contribution in [-0.4, -0.2) is 55.1 Å². The molecule has 3 aliphatic rings. The average Bonchev–Trinajstić information content (AvgIpc) is 3.28. The highest BCUT2D eigenvalue weighted by molar-refractivity contribution is 5.79. The minimum atomic E-state index is -0.160. The van der Waals surface area contributed by atoms with E-state index in [0.29, 0.717) is 17.9 Å². The molecule has 1 unspecified atom stereocenters. The highest BCUT2D eigenvalue weighted by Gasteiger charge is 2.43. The number of benzene rings is 1. The summed E-state index contributed by atoms with van der Waals surface area (Å²) in [4.78, 5) is 17.1. The van der Waals surface area contributed by atoms with E-state index in [1.807, 2.05) is 6.07 Å². The second kappa shape index (κ2) is 7.04. The molecule has 3 saturated heterocycles. The summed E-state index contributed by atoms with van der Waals surface area (Å²) in [6.45, 7) is 6.02. The summed E-state index contributed by atoms with van der Waals surface area (Å²) in [6.07, 6.45) is 4.27. The SMILES string of the molecule is O=C(C1CCOC1)N1CCC2(CCN(Cc3cccc(F)c3)CC2)C1. The number of halogens is 1. The Morgan fingerprint density at radius 3 is 2.76 bits per heavy atom. The van der Waals surface area contributed by atoms with Gasteiger partial charge in [-0.05, 0) is 61.9 Å². The number of rotatable bonds is 3. The molecule has 1 aromatic carbocycles. The Hall–Kier alpha value is -1.46. The highest BCUT2D eigenvalue weighted by atomic mass is 19.1. The molecule has 0 saturated carbocycles. The standard InChI is InChI=1S/C20H27FN2O2/c21-18-3-1-2-16(12-18)13-22-8-5-20(6-9-22)7-10-23(15-20)19(24)17-4-11-25-14-17/h1-3,12,17H,4-11,13-15H2. The molecule has 3 fully saturated rings. The third-order valence-corrected chi connectivity index (χ3v) is 6.24. The molecule has 4 nitrogen and oxygen atoms in total. The predicted octanol–water partition coefficient (Wildman–Crippen LogP) is 2.68. The van der Waals surface area contributed by atoms with Crippen molar-refractivity contribution in [1.82, 2.24) is 9.80 Å². The molecular weight excluding hydrogens is 319 g/mol. The summed E-state index contributed by atoms with van der Waals surface area (Å²) in [5.74, 6) is 0.228. The van der Waals surface area contributed by atoms with Crippen molar-refractivity contribution in [3.8, 4) is 0 Å². The average molecular weight is 346 g/mol. The topological polar surface area (TPSA) is 32.8 Å². The molecule has 0 aliphatic carbocycles. The molecule has 136 valence electrons. The van der Waals surface area contributed by atoms with E-state index in [9.17, 15) is 9.18 Å². The van der Waals surface area contributed by atoms with E-state index in [2.05, 4.69) is 9.80 Å². The minimum absolute atomic E-state index is 0.0863. The summed E-state index contributed by atoms with van der Waals surface area (Å²) >= 11 is 0. The number of nitrogens with zero attached hydrogens (tertiary/aromatic N) is 2. The quantitative estimate of drug-likeness (QED) is 0.844. The fraction of sp³-hybridized carbons (Fsp3) is 0.650. The Kier molecular flexibility index (Phi) is 4.78. The van der Waals surface area contributed by atoms with Crippen molar-refractivity contribution in [1.29, 1.82) is 0 Å². The molecule has 0 aromatic heterocycles. The second-order valence-electron chi connectivity index (χ2n) is 7.98. The van der Waals surface area contributed by atoms with Gasteiger partial charge in [0.2, 0.25) is 5.91 Å². The van der Waals surface area contributed by atoms with E-state index in [-0.39, 0.29) is 11.7 Å². The van der Waals surface area contributed by atoms with Crippen LogP contribution in [0, 0.1) is 17.2 Å². The van der Waals surface area contributed by atoms with Crippen LogP contribution >= 0.6 is 0 Å². The molecule has 0 bridgehead atoms. The first kappa shape index (κ1) is 17.0. The molecule has 0 radical (unpaired) electrons. The maximum atomic E-state index is 13.3. The maximum absolute atomic E-state index is 13.3. The molecule has 1 amide bonds. The summed E-state index contributed by atoms with van der Waals surface area (Å²) in [5.41, 5.74) is 1.34. The van der Waals surface area contributed by atoms with Gasteiger partial charge >= 0.3 is 0 Å². The Labute approximate surface area is 148 Å². The van der Waals surface area contributed by atoms with Gasteiger partial charge in [0.1, 0.15) is 5.82 Å². The minimum Gasteiger partial charge on any atom is -0.381 e. The number of hydrogen-bond acceptors (Lipinski definition) is 3. The smallest absolute Gasteiger partial charge is 0.228 e. The van der Waals surface area contributed by atoms with Gasteiger partial charge in [0.25, 0.3) is 0 Å². The van der Waals surface area contributed by atoms with Crippen molar-refractivity contribution in [3.63, 3.8) is 0 Å². The molecule has 1 aromatic rings. The van der Waals surface area contributed by atoms with Gasteiger partial charge in [-0.15, -0.1) is 0 Å². The molecule has 4 rings (SSSR count). The van der Waals surface area contributed by atoms with Crippen LogP contribution in [0.4, 0.5) is 4.39 Å². The van der Waals surface area contributed by atoms with Crippen LogP contribution in [-0.2, 0) is 16.1 Å². The summed E-state index contributed by atoms with van der Waals surface area (Å²) in [6, 6.07) is 6.90. The molecule has 0 N–H and O–H groups in total. The van der Waals surface area contributed by atoms with Gasteiger partial charge in [-0.2, -0.15) is 0 Å². The summed E-state index contributed by atoms with van der Waals surface area (Å²) < 4.78 is 18.7. The molecule has 3 heterocycles. The number of ether oxygens (including phenoxy) is 1. The third kappa shape index (κ3) is 3.72. The Bertz CT molecular complexity index is 622. The van der Waals surface area contributed by atoms with Crippen molar-refractivity contribution < 1.29 is 13.9 Å². The Morgan fingerprint density at radius 1 is 1.24 bits per heavy atom. The zero-order chi connectivity index (χ0) is 17.3. The van der Waals surface area contributed by atoms with Gasteiger partial charge in [0.05, 0.1) is 12.5 Å². The fourth-order valence-electron chi connectivity index (χ4n) is 4.60. The van der Waals surface area contributed by atoms with Gasteiger partial charge in [0.15, 0.2) is 0 Å². The van der Waals surface area contributed by atoms with Crippen LogP contribution < -0.4 is 0 Å². The van der Waals surface area contributed by atoms with Crippen LogP contribution in [0.3, 0.4) is 0 Å². The van der Waals surface area contributed by atoms with Gasteiger partial charge in [-0.3, -0.25) is 9.69 Å². The van der Waals surface area contributed by atoms with Crippen LogP contribution in [0.2, 0.25) is 0 Å². The monoisotopic (exact) mass is 346 g/mol. The first-order chi connectivity index (χ1) is 12.1. The lowest BCUT2D eigenvalue weighted by molar-refractivity contribution is -0.135. The van der Waals surface area contributed by atoms with Gasteiger partial charge in [-0.1, -0.05) is 12.1 Å². The fourth-order valence-corrected chi connectivity index (χ4v) is 4.60. The number of piperidine rings is 1. The molecule has 1 atom stereocenters. The van der Waals surface area contributed by atoms with Gasteiger partial charge < -0.3 is 9.64 Å². The van der Waals surface area contributed by atoms with Crippen molar-refractivity contribution in [2.75, 3.05) is 39.4 Å². The van der Waals surface area contributed by atoms with Crippen molar-refractivity contribution in [3.05, 3.63) is 35.6 Å². The van der Waals surface area contributed by atoms with Crippen molar-refractivity contribution in [2.24, 2.45) is 11.3 Å². The lowest BCUT2D eigenvalue weighted by atomic mass is 9.77. The lowest BCUT2D eigenvalue weighted by Gasteiger charge is -2.39. The Morgan fingerprint density at radius 2 is 2.04 bits per heavy atom. The van der Waals surface area contributed by atoms with Crippen LogP contribution in [0.1, 0.15) is 31.2 Å². The maximum Gasteiger partial charge on any atom is 0.228 e. The third-order valence-electron chi connectivity index (χ3n) is 6.24. The van der Waals surface area contributed by atoms with E-state index in [0.717, 1.165) is 70.6 Å². The largest absolute Gasteiger partial charge is 0.381 e. The highest BCUT2D eigenvalue weighted by Crippen LogP contribution is 2.41. The van der Waals surface area contributed by atoms with E-state index in [1.54, 1.807) is 12.1 Å². The van der Waals surface area contributed by atoms with E-state index in [4.69, 9.17) is 4.74 Å². The van der Waals surface area contributed by atoms with E-state index in [1.165, 1.54) is 6.07 Å². The molecule has 1 spiro atoms. The number of likely N-dealkylation sites (tertiary alicyclic amines) is 2. The van der Waals surface area contributed by atoms with Gasteiger partial charge in [-0.25, -0.2) is 4.39 Å². The lowest BCUT2D eigenvalue weighted by Crippen LogP contribution is -2.42. The second-order valence-corrected chi connectivity index (χ2v) is 7.98. The predicted molar refractivity (Wildman–Crippen MR) is 93.5 cm³/mol. The number of carbonyl (C=O) groups is 1. The van der Waals surface area contributed by atoms with Crippen molar-refractivity contribution in [2.45, 2.75) is 32.2 Å². The van der Waals surface area contributed by atoms with Crippen LogP contribution in [0.25, 0.3) is 0 Å². The summed E-state index contributed by atoms with van der Waals surface area (Å²) in [7, 11) is 0. The van der Waals surface area contributed by atoms with Gasteiger partial charge in [0, 0.05) is 26.2 Å². The van der Waals surface area contributed by atoms with E-state index >= 15 is 0 Å². The Balaban J connectivity index is 1.30. The zero-order valence-electron chi connectivity index (χ0n) is 14.8. The zero-order valence-corrected chi connectivity index (χ0v) is 14.8. The first-order valence-corrected chi connectivity index (χ1v) is 9.47. The first-order valence-electron chi connectivity index (χ1n) is 9.47. The molecule has 3 aliphatic heterocycles. The number of amides is 1. The molecular formula is C20H27FN2O2. The number of hydrogen-bond donors (Lipinski definition) is 0. The van der Waals surface area contributed by atoms with Crippen LogP contribution in [0.5, 0.6) is 0 Å². The van der Waals surface area contributed by atoms with Crippen molar-refractivity contribution >= 4 is 5.91 Å². The van der Waals surface area contributed by atoms with Crippen LogP contribution in [0.15, 0.2) is 24.3 Å². The van der Waals surface area contributed by atoms with E-state index < -0.39 is 0 Å². The summed E-state index contributed by atoms with van der Waals surface area (Å²) in [5, 5.41) is 0. The normalized spacial score (nSPS) is 26.4.